The van der Waals surface area contributed by atoms with Crippen LogP contribution in [0.15, 0.2) is 0 Å². The van der Waals surface area contributed by atoms with Crippen molar-refractivity contribution in [3.05, 3.63) is 0 Å². The third-order valence-corrected chi connectivity index (χ3v) is 2.41. The van der Waals surface area contributed by atoms with Crippen LogP contribution in [0.3, 0.4) is 0 Å². The maximum absolute atomic E-state index is 4.56. The van der Waals surface area contributed by atoms with E-state index in [9.17, 15) is 0 Å². The molecule has 51 valence electrons. The highest BCUT2D eigenvalue weighted by Crippen LogP contribution is 2.29. The van der Waals surface area contributed by atoms with Gasteiger partial charge < -0.3 is 0 Å². The van der Waals surface area contributed by atoms with Gasteiger partial charge in [-0.15, -0.1) is 0 Å². The van der Waals surface area contributed by atoms with E-state index >= 15 is 0 Å². The van der Waals surface area contributed by atoms with Crippen molar-refractivity contribution >= 4 is 0 Å². The second kappa shape index (κ2) is 1.96. The van der Waals surface area contributed by atoms with Crippen molar-refractivity contribution in [3.63, 3.8) is 0 Å². The van der Waals surface area contributed by atoms with Crippen molar-refractivity contribution < 1.29 is 0 Å². The molecule has 2 aliphatic rings. The van der Waals surface area contributed by atoms with Crippen LogP contribution in [-0.2, 0) is 0 Å². The lowest BCUT2D eigenvalue weighted by molar-refractivity contribution is 0.338. The van der Waals surface area contributed by atoms with E-state index in [-0.39, 0.29) is 5.66 Å². The Labute approximate surface area is 56.0 Å². The zero-order valence-electron chi connectivity index (χ0n) is 5.69. The highest BCUT2D eigenvalue weighted by molar-refractivity contribution is 4.93. The van der Waals surface area contributed by atoms with Crippen LogP contribution in [0, 0.1) is 0 Å². The fourth-order valence-corrected chi connectivity index (χ4v) is 1.91. The summed E-state index contributed by atoms with van der Waals surface area (Å²) in [4.78, 5) is 0. The number of hydrogen-bond donors (Lipinski definition) is 1. The molecule has 0 aromatic carbocycles. The molecule has 0 unspecified atom stereocenters. The van der Waals surface area contributed by atoms with Gasteiger partial charge in [0.15, 0.2) is 0 Å². The summed E-state index contributed by atoms with van der Waals surface area (Å²) in [6.45, 7) is 2.15. The van der Waals surface area contributed by atoms with Gasteiger partial charge in [-0.2, -0.15) is 0 Å². The maximum Gasteiger partial charge on any atom is 0.0849 e. The molecule has 1 radical (unpaired) electrons. The van der Waals surface area contributed by atoms with Gasteiger partial charge in [0.25, 0.3) is 0 Å². The van der Waals surface area contributed by atoms with Crippen molar-refractivity contribution in [2.45, 2.75) is 31.3 Å². The fourth-order valence-electron chi connectivity index (χ4n) is 1.91. The molecule has 1 saturated heterocycles. The summed E-state index contributed by atoms with van der Waals surface area (Å²) in [5, 5.41) is 8.02. The molecule has 0 atom stereocenters. The van der Waals surface area contributed by atoms with Crippen LogP contribution >= 0.6 is 0 Å². The normalized spacial score (nSPS) is 32.0. The molecular formula is C7H13N2. The van der Waals surface area contributed by atoms with Gasteiger partial charge in [-0.3, -0.25) is 5.32 Å². The maximum atomic E-state index is 4.56. The molecule has 2 fully saturated rings. The minimum atomic E-state index is 0.264. The predicted octanol–water partition coefficient (Wildman–Crippen LogP) is 0.464. The van der Waals surface area contributed by atoms with Gasteiger partial charge in [-0.1, -0.05) is 12.8 Å². The highest BCUT2D eigenvalue weighted by atomic mass is 15.3. The van der Waals surface area contributed by atoms with Gasteiger partial charge in [-0.05, 0) is 12.8 Å². The lowest BCUT2D eigenvalue weighted by atomic mass is 10.1. The molecule has 2 rings (SSSR count). The first kappa shape index (κ1) is 5.69. The molecule has 9 heavy (non-hydrogen) atoms. The van der Waals surface area contributed by atoms with Gasteiger partial charge in [0, 0.05) is 13.1 Å². The Morgan fingerprint density at radius 2 is 2.00 bits per heavy atom. The Morgan fingerprint density at radius 3 is 2.56 bits per heavy atom. The van der Waals surface area contributed by atoms with E-state index in [4.69, 9.17) is 0 Å². The van der Waals surface area contributed by atoms with Gasteiger partial charge in [0.05, 0.1) is 5.66 Å². The Balaban J connectivity index is 2.04. The lowest BCUT2D eigenvalue weighted by Crippen LogP contribution is -2.42. The molecule has 2 nitrogen and oxygen atoms in total. The van der Waals surface area contributed by atoms with Crippen LogP contribution in [0.4, 0.5) is 0 Å². The van der Waals surface area contributed by atoms with Crippen LogP contribution in [0.1, 0.15) is 25.7 Å². The fraction of sp³-hybridized carbons (Fsp3) is 1.00. The van der Waals surface area contributed by atoms with Gasteiger partial charge in [-0.25, -0.2) is 5.32 Å². The molecule has 0 amide bonds. The summed E-state index contributed by atoms with van der Waals surface area (Å²) in [5.41, 5.74) is 0.264. The molecule has 1 aliphatic heterocycles. The Kier molecular flexibility index (Phi) is 1.24. The van der Waals surface area contributed by atoms with Crippen LogP contribution in [-0.4, -0.2) is 18.8 Å². The largest absolute Gasteiger partial charge is 0.297 e. The van der Waals surface area contributed by atoms with Crippen LogP contribution in [0.2, 0.25) is 0 Å². The number of nitrogens with one attached hydrogen (secondary N) is 1. The minimum absolute atomic E-state index is 0.264. The molecule has 1 N–H and O–H groups in total. The lowest BCUT2D eigenvalue weighted by Gasteiger charge is -2.21. The molecule has 1 aliphatic carbocycles. The summed E-state index contributed by atoms with van der Waals surface area (Å²) in [6.07, 6.45) is 5.31. The molecule has 1 spiro atoms. The van der Waals surface area contributed by atoms with E-state index in [1.165, 1.54) is 25.7 Å². The van der Waals surface area contributed by atoms with E-state index in [1.807, 2.05) is 0 Å². The highest BCUT2D eigenvalue weighted by Gasteiger charge is 2.36. The molecule has 1 heterocycles. The van der Waals surface area contributed by atoms with Crippen molar-refractivity contribution in [1.29, 1.82) is 0 Å². The molecule has 2 heteroatoms. The molecular weight excluding hydrogens is 112 g/mol. The van der Waals surface area contributed by atoms with Crippen molar-refractivity contribution in [2.24, 2.45) is 0 Å². The zero-order valence-corrected chi connectivity index (χ0v) is 5.69. The summed E-state index contributed by atoms with van der Waals surface area (Å²) in [7, 11) is 0. The van der Waals surface area contributed by atoms with E-state index in [1.54, 1.807) is 0 Å². The Bertz CT molecular complexity index is 82.0. The Hall–Kier alpha value is -0.0800. The first-order valence-electron chi connectivity index (χ1n) is 3.85. The van der Waals surface area contributed by atoms with Crippen LogP contribution in [0.25, 0.3) is 0 Å². The third-order valence-electron chi connectivity index (χ3n) is 2.41. The monoisotopic (exact) mass is 125 g/mol. The molecule has 0 bridgehead atoms. The van der Waals surface area contributed by atoms with E-state index in [0.29, 0.717) is 0 Å². The average molecular weight is 125 g/mol. The van der Waals surface area contributed by atoms with Crippen molar-refractivity contribution in [1.82, 2.24) is 10.6 Å². The molecule has 0 aromatic heterocycles. The summed E-state index contributed by atoms with van der Waals surface area (Å²) >= 11 is 0. The third kappa shape index (κ3) is 0.864. The topological polar surface area (TPSA) is 26.1 Å². The Morgan fingerprint density at radius 1 is 1.22 bits per heavy atom. The summed E-state index contributed by atoms with van der Waals surface area (Å²) in [5.74, 6) is 0. The summed E-state index contributed by atoms with van der Waals surface area (Å²) < 4.78 is 0. The van der Waals surface area contributed by atoms with Crippen molar-refractivity contribution in [3.8, 4) is 0 Å². The first-order chi connectivity index (χ1) is 4.41. The predicted molar refractivity (Wildman–Crippen MR) is 36.2 cm³/mol. The molecule has 1 saturated carbocycles. The average Bonchev–Trinajstić information content (AvgIpc) is 2.45. The van der Waals surface area contributed by atoms with E-state index in [0.717, 1.165) is 13.1 Å². The standard InChI is InChI=1S/C7H13N2/c1-2-4-7(3-1)8-5-6-9-7/h8H,1-6H2. The van der Waals surface area contributed by atoms with Crippen LogP contribution in [0.5, 0.6) is 0 Å². The van der Waals surface area contributed by atoms with Crippen molar-refractivity contribution in [2.75, 3.05) is 13.1 Å². The first-order valence-corrected chi connectivity index (χ1v) is 3.85. The smallest absolute Gasteiger partial charge is 0.0849 e. The number of nitrogens with zero attached hydrogens (tertiary/aromatic N) is 1. The van der Waals surface area contributed by atoms with Gasteiger partial charge in [0.2, 0.25) is 0 Å². The van der Waals surface area contributed by atoms with Gasteiger partial charge >= 0.3 is 0 Å². The van der Waals surface area contributed by atoms with E-state index in [2.05, 4.69) is 10.6 Å². The van der Waals surface area contributed by atoms with Crippen LogP contribution < -0.4 is 10.6 Å². The quantitative estimate of drug-likeness (QED) is 0.500. The second-order valence-corrected chi connectivity index (χ2v) is 3.05. The summed E-state index contributed by atoms with van der Waals surface area (Å²) in [6, 6.07) is 0. The van der Waals surface area contributed by atoms with E-state index < -0.39 is 0 Å². The SMILES string of the molecule is C1CCC2(C1)[N]CCN2. The number of hydrogen-bond acceptors (Lipinski definition) is 1. The second-order valence-electron chi connectivity index (χ2n) is 3.05. The minimum Gasteiger partial charge on any atom is -0.297 e. The zero-order chi connectivity index (χ0) is 6.16. The number of rotatable bonds is 0. The van der Waals surface area contributed by atoms with Gasteiger partial charge in [0.1, 0.15) is 0 Å². The molecule has 0 aromatic rings.